The first kappa shape index (κ1) is 15.4. The molecule has 0 saturated carbocycles. The minimum atomic E-state index is 0.0931. The van der Waals surface area contributed by atoms with Gasteiger partial charge in [-0.05, 0) is 19.4 Å². The molecular weight excluding hydrogens is 266 g/mol. The van der Waals surface area contributed by atoms with Crippen molar-refractivity contribution in [2.75, 3.05) is 7.11 Å². The van der Waals surface area contributed by atoms with Gasteiger partial charge in [-0.2, -0.15) is 5.10 Å². The van der Waals surface area contributed by atoms with Gasteiger partial charge in [0.15, 0.2) is 0 Å². The van der Waals surface area contributed by atoms with E-state index < -0.39 is 0 Å². The monoisotopic (exact) mass is 289 g/mol. The predicted molar refractivity (Wildman–Crippen MR) is 82.5 cm³/mol. The minimum absolute atomic E-state index is 0.0931. The number of benzene rings is 1. The third kappa shape index (κ3) is 3.19. The molecule has 1 aromatic carbocycles. The highest BCUT2D eigenvalue weighted by Crippen LogP contribution is 2.27. The van der Waals surface area contributed by atoms with Crippen LogP contribution in [-0.2, 0) is 13.6 Å². The van der Waals surface area contributed by atoms with Crippen molar-refractivity contribution in [2.45, 2.75) is 32.9 Å². The van der Waals surface area contributed by atoms with Crippen LogP contribution in [0.5, 0.6) is 11.6 Å². The average molecular weight is 289 g/mol. The zero-order valence-electron chi connectivity index (χ0n) is 13.1. The number of rotatable bonds is 6. The van der Waals surface area contributed by atoms with Crippen LogP contribution in [0.15, 0.2) is 24.3 Å². The van der Waals surface area contributed by atoms with Crippen molar-refractivity contribution in [3.8, 4) is 11.6 Å². The second-order valence-corrected chi connectivity index (χ2v) is 5.10. The fourth-order valence-electron chi connectivity index (χ4n) is 2.62. The third-order valence-corrected chi connectivity index (χ3v) is 3.73. The number of aromatic nitrogens is 2. The maximum Gasteiger partial charge on any atom is 0.216 e. The number of ether oxygens (including phenoxy) is 1. The summed E-state index contributed by atoms with van der Waals surface area (Å²) < 4.78 is 7.15. The van der Waals surface area contributed by atoms with Crippen molar-refractivity contribution < 1.29 is 9.84 Å². The molecule has 0 fully saturated rings. The molecule has 5 heteroatoms. The zero-order valence-corrected chi connectivity index (χ0v) is 13.1. The lowest BCUT2D eigenvalue weighted by atomic mass is 10.0. The molecule has 1 heterocycles. The number of hydrogen-bond donors (Lipinski definition) is 2. The Balaban J connectivity index is 2.16. The first-order chi connectivity index (χ1) is 10.1. The molecule has 0 spiro atoms. The molecule has 114 valence electrons. The van der Waals surface area contributed by atoms with Gasteiger partial charge >= 0.3 is 0 Å². The molecule has 1 atom stereocenters. The van der Waals surface area contributed by atoms with E-state index in [0.717, 1.165) is 29.1 Å². The SMILES string of the molecule is CCC(NCc1c(C)nn(C)c1OC)c1ccccc1O. The van der Waals surface area contributed by atoms with Crippen LogP contribution in [0.4, 0.5) is 0 Å². The van der Waals surface area contributed by atoms with E-state index in [9.17, 15) is 5.11 Å². The van der Waals surface area contributed by atoms with Crippen LogP contribution < -0.4 is 10.1 Å². The molecule has 0 aliphatic carbocycles. The molecule has 1 aromatic heterocycles. The Labute approximate surface area is 125 Å². The van der Waals surface area contributed by atoms with Crippen molar-refractivity contribution in [1.82, 2.24) is 15.1 Å². The molecule has 0 aliphatic rings. The summed E-state index contributed by atoms with van der Waals surface area (Å²) >= 11 is 0. The van der Waals surface area contributed by atoms with Crippen LogP contribution >= 0.6 is 0 Å². The first-order valence-corrected chi connectivity index (χ1v) is 7.16. The Bertz CT molecular complexity index is 608. The van der Waals surface area contributed by atoms with Gasteiger partial charge in [0.05, 0.1) is 18.4 Å². The highest BCUT2D eigenvalue weighted by Gasteiger charge is 2.17. The molecule has 0 aliphatic heterocycles. The summed E-state index contributed by atoms with van der Waals surface area (Å²) in [4.78, 5) is 0. The second kappa shape index (κ2) is 6.63. The number of hydrogen-bond acceptors (Lipinski definition) is 4. The van der Waals surface area contributed by atoms with Crippen molar-refractivity contribution in [2.24, 2.45) is 7.05 Å². The maximum absolute atomic E-state index is 9.99. The molecule has 2 aromatic rings. The number of nitrogens with one attached hydrogen (secondary N) is 1. The Morgan fingerprint density at radius 2 is 2.10 bits per heavy atom. The number of aromatic hydroxyl groups is 1. The summed E-state index contributed by atoms with van der Waals surface area (Å²) in [5.74, 6) is 1.10. The van der Waals surface area contributed by atoms with E-state index in [0.29, 0.717) is 12.3 Å². The summed E-state index contributed by atoms with van der Waals surface area (Å²) in [6.45, 7) is 4.72. The van der Waals surface area contributed by atoms with Gasteiger partial charge in [-0.1, -0.05) is 25.1 Å². The van der Waals surface area contributed by atoms with Gasteiger partial charge in [0, 0.05) is 25.2 Å². The van der Waals surface area contributed by atoms with Crippen molar-refractivity contribution in [3.63, 3.8) is 0 Å². The summed E-state index contributed by atoms with van der Waals surface area (Å²) in [7, 11) is 3.52. The number of para-hydroxylation sites is 1. The Morgan fingerprint density at radius 1 is 1.38 bits per heavy atom. The van der Waals surface area contributed by atoms with E-state index in [1.54, 1.807) is 17.9 Å². The normalized spacial score (nSPS) is 12.4. The maximum atomic E-state index is 9.99. The van der Waals surface area contributed by atoms with Gasteiger partial charge < -0.3 is 15.2 Å². The molecule has 2 rings (SSSR count). The van der Waals surface area contributed by atoms with Gasteiger partial charge in [-0.25, -0.2) is 4.68 Å². The Hall–Kier alpha value is -2.01. The topological polar surface area (TPSA) is 59.3 Å². The third-order valence-electron chi connectivity index (χ3n) is 3.73. The molecule has 5 nitrogen and oxygen atoms in total. The average Bonchev–Trinajstić information content (AvgIpc) is 2.74. The first-order valence-electron chi connectivity index (χ1n) is 7.16. The quantitative estimate of drug-likeness (QED) is 0.858. The fourth-order valence-corrected chi connectivity index (χ4v) is 2.62. The molecule has 2 N–H and O–H groups in total. The van der Waals surface area contributed by atoms with Crippen LogP contribution in [0.25, 0.3) is 0 Å². The number of aryl methyl sites for hydroxylation is 2. The molecular formula is C16H23N3O2. The summed E-state index contributed by atoms with van der Waals surface area (Å²) in [5, 5.41) is 17.8. The molecule has 0 saturated heterocycles. The molecule has 21 heavy (non-hydrogen) atoms. The lowest BCUT2D eigenvalue weighted by molar-refractivity contribution is 0.366. The van der Waals surface area contributed by atoms with E-state index in [-0.39, 0.29) is 6.04 Å². The number of phenols is 1. The van der Waals surface area contributed by atoms with Crippen molar-refractivity contribution in [3.05, 3.63) is 41.1 Å². The van der Waals surface area contributed by atoms with E-state index in [4.69, 9.17) is 4.74 Å². The van der Waals surface area contributed by atoms with Gasteiger partial charge in [0.25, 0.3) is 0 Å². The molecule has 0 radical (unpaired) electrons. The van der Waals surface area contributed by atoms with E-state index in [1.807, 2.05) is 32.2 Å². The van der Waals surface area contributed by atoms with E-state index in [2.05, 4.69) is 17.3 Å². The summed E-state index contributed by atoms with van der Waals surface area (Å²) in [5.41, 5.74) is 2.92. The lowest BCUT2D eigenvalue weighted by Crippen LogP contribution is -2.21. The zero-order chi connectivity index (χ0) is 15.4. The number of methoxy groups -OCH3 is 1. The largest absolute Gasteiger partial charge is 0.508 e. The van der Waals surface area contributed by atoms with Crippen LogP contribution in [0, 0.1) is 6.92 Å². The summed E-state index contributed by atoms with van der Waals surface area (Å²) in [6.07, 6.45) is 0.888. The van der Waals surface area contributed by atoms with Gasteiger partial charge in [0.2, 0.25) is 5.88 Å². The highest BCUT2D eigenvalue weighted by molar-refractivity contribution is 5.35. The van der Waals surface area contributed by atoms with Gasteiger partial charge in [-0.3, -0.25) is 0 Å². The van der Waals surface area contributed by atoms with Crippen LogP contribution in [0.1, 0.15) is 36.2 Å². The lowest BCUT2D eigenvalue weighted by Gasteiger charge is -2.18. The molecule has 0 amide bonds. The second-order valence-electron chi connectivity index (χ2n) is 5.10. The van der Waals surface area contributed by atoms with E-state index >= 15 is 0 Å². The highest BCUT2D eigenvalue weighted by atomic mass is 16.5. The smallest absolute Gasteiger partial charge is 0.216 e. The molecule has 1 unspecified atom stereocenters. The Kier molecular flexibility index (Phi) is 4.85. The van der Waals surface area contributed by atoms with Crippen LogP contribution in [0.2, 0.25) is 0 Å². The van der Waals surface area contributed by atoms with Gasteiger partial charge in [-0.15, -0.1) is 0 Å². The Morgan fingerprint density at radius 3 is 2.71 bits per heavy atom. The van der Waals surface area contributed by atoms with Crippen molar-refractivity contribution in [1.29, 1.82) is 0 Å². The van der Waals surface area contributed by atoms with Gasteiger partial charge in [0.1, 0.15) is 5.75 Å². The van der Waals surface area contributed by atoms with Crippen LogP contribution in [0.3, 0.4) is 0 Å². The van der Waals surface area contributed by atoms with E-state index in [1.165, 1.54) is 0 Å². The van der Waals surface area contributed by atoms with Crippen molar-refractivity contribution >= 4 is 0 Å². The minimum Gasteiger partial charge on any atom is -0.508 e. The fraction of sp³-hybridized carbons (Fsp3) is 0.438. The standard InChI is InChI=1S/C16H23N3O2/c1-5-14(12-8-6-7-9-15(12)20)17-10-13-11(2)18-19(3)16(13)21-4/h6-9,14,17,20H,5,10H2,1-4H3. The summed E-state index contributed by atoms with van der Waals surface area (Å²) in [6, 6.07) is 7.53. The predicted octanol–water partition coefficient (Wildman–Crippen LogP) is 2.68. The van der Waals surface area contributed by atoms with Crippen LogP contribution in [-0.4, -0.2) is 22.0 Å². The molecule has 0 bridgehead atoms. The number of phenolic OH excluding ortho intramolecular Hbond substituents is 1. The number of nitrogens with zero attached hydrogens (tertiary/aromatic N) is 2.